The van der Waals surface area contributed by atoms with Gasteiger partial charge in [-0.1, -0.05) is 0 Å². The molecule has 0 atom stereocenters. The molecule has 0 radical (unpaired) electrons. The van der Waals surface area contributed by atoms with E-state index in [1.807, 2.05) is 0 Å². The lowest BCUT2D eigenvalue weighted by Crippen LogP contribution is -2.23. The number of sulfone groups is 1. The average Bonchev–Trinajstić information content (AvgIpc) is 2.73. The van der Waals surface area contributed by atoms with Crippen molar-refractivity contribution < 1.29 is 39.6 Å². The molecule has 3 rings (SSSR count). The Morgan fingerprint density at radius 3 is 2.06 bits per heavy atom. The molecule has 13 heteroatoms. The second-order valence-corrected chi connectivity index (χ2v) is 8.20. The van der Waals surface area contributed by atoms with Gasteiger partial charge in [0.25, 0.3) is 15.7 Å². The van der Waals surface area contributed by atoms with Crippen molar-refractivity contribution in [2.45, 2.75) is 16.6 Å². The minimum atomic E-state index is -5.53. The number of pyridine rings is 2. The summed E-state index contributed by atoms with van der Waals surface area (Å²) in [7, 11) is -5.53. The molecule has 0 aliphatic carbocycles. The molecule has 3 aromatic rings. The predicted molar refractivity (Wildman–Crippen MR) is 100 cm³/mol. The number of carbonyl (C=O) groups excluding carboxylic acids is 1. The van der Waals surface area contributed by atoms with Crippen molar-refractivity contribution >= 4 is 21.4 Å². The van der Waals surface area contributed by atoms with E-state index in [1.165, 1.54) is 6.07 Å². The Morgan fingerprint density at radius 1 is 0.875 bits per heavy atom. The summed E-state index contributed by atoms with van der Waals surface area (Å²) in [5, 5.41) is 2.32. The molecule has 6 nitrogen and oxygen atoms in total. The fourth-order valence-corrected chi connectivity index (χ4v) is 3.32. The number of nitrogens with zero attached hydrogens (tertiary/aromatic N) is 2. The van der Waals surface area contributed by atoms with E-state index < -0.39 is 43.6 Å². The van der Waals surface area contributed by atoms with Gasteiger partial charge < -0.3 is 5.32 Å². The number of alkyl halides is 6. The molecule has 0 spiro atoms. The Labute approximate surface area is 176 Å². The Morgan fingerprint density at radius 2 is 1.53 bits per heavy atom. The van der Waals surface area contributed by atoms with Gasteiger partial charge in [0.15, 0.2) is 0 Å². The number of hydrogen-bond donors (Lipinski definition) is 1. The first-order valence-electron chi connectivity index (χ1n) is 8.52. The zero-order chi connectivity index (χ0) is 23.7. The number of aromatic nitrogens is 2. The van der Waals surface area contributed by atoms with E-state index in [-0.39, 0.29) is 16.9 Å². The summed E-state index contributed by atoms with van der Waals surface area (Å²) in [4.78, 5) is 18.8. The molecule has 1 N–H and O–H groups in total. The molecule has 0 saturated carbocycles. The SMILES string of the molecule is O=C(Nc1ccc(S(=O)(=O)C(F)(F)F)cc1)c1ccc(-c2ncccc2C(F)(F)F)nc1. The van der Waals surface area contributed by atoms with E-state index in [0.717, 1.165) is 42.7 Å². The van der Waals surface area contributed by atoms with Gasteiger partial charge in [-0.3, -0.25) is 14.8 Å². The normalized spacial score (nSPS) is 12.4. The molecular formula is C19H11F6N3O3S. The van der Waals surface area contributed by atoms with Gasteiger partial charge in [0, 0.05) is 18.1 Å². The number of anilines is 1. The summed E-state index contributed by atoms with van der Waals surface area (Å²) < 4.78 is 99.7. The highest BCUT2D eigenvalue weighted by atomic mass is 32.2. The second kappa shape index (κ2) is 8.22. The third-order valence-electron chi connectivity index (χ3n) is 4.11. The Hall–Kier alpha value is -3.48. The van der Waals surface area contributed by atoms with Gasteiger partial charge in [0.1, 0.15) is 5.69 Å². The summed E-state index contributed by atoms with van der Waals surface area (Å²) in [5.74, 6) is -0.771. The third-order valence-corrected chi connectivity index (χ3v) is 5.61. The molecule has 2 heterocycles. The summed E-state index contributed by atoms with van der Waals surface area (Å²) in [5.41, 5.74) is -7.09. The van der Waals surface area contributed by atoms with Crippen LogP contribution in [0, 0.1) is 0 Å². The van der Waals surface area contributed by atoms with Crippen LogP contribution in [0.1, 0.15) is 15.9 Å². The van der Waals surface area contributed by atoms with Gasteiger partial charge >= 0.3 is 11.7 Å². The quantitative estimate of drug-likeness (QED) is 0.553. The van der Waals surface area contributed by atoms with Crippen molar-refractivity contribution in [1.82, 2.24) is 9.97 Å². The van der Waals surface area contributed by atoms with Crippen LogP contribution in [0.4, 0.5) is 32.0 Å². The number of hydrogen-bond acceptors (Lipinski definition) is 5. The van der Waals surface area contributed by atoms with Crippen LogP contribution in [-0.2, 0) is 16.0 Å². The first-order chi connectivity index (χ1) is 14.8. The van der Waals surface area contributed by atoms with Gasteiger partial charge in [-0.2, -0.15) is 26.3 Å². The zero-order valence-corrected chi connectivity index (χ0v) is 16.4. The van der Waals surface area contributed by atoms with Crippen molar-refractivity contribution in [3.8, 4) is 11.4 Å². The molecule has 0 aliphatic rings. The average molecular weight is 475 g/mol. The summed E-state index contributed by atoms with van der Waals surface area (Å²) in [6.45, 7) is 0. The van der Waals surface area contributed by atoms with Gasteiger partial charge in [-0.05, 0) is 48.5 Å². The number of rotatable bonds is 4. The first kappa shape index (κ1) is 23.2. The van der Waals surface area contributed by atoms with Crippen molar-refractivity contribution in [2.24, 2.45) is 0 Å². The van der Waals surface area contributed by atoms with Crippen LogP contribution >= 0.6 is 0 Å². The topological polar surface area (TPSA) is 89.0 Å². The highest BCUT2D eigenvalue weighted by Crippen LogP contribution is 2.35. The minimum absolute atomic E-state index is 0.00992. The molecule has 0 fully saturated rings. The largest absolute Gasteiger partial charge is 0.501 e. The summed E-state index contributed by atoms with van der Waals surface area (Å²) in [6.07, 6.45) is -2.50. The van der Waals surface area contributed by atoms with Crippen molar-refractivity contribution in [2.75, 3.05) is 5.32 Å². The number of carbonyl (C=O) groups is 1. The number of halogens is 6. The Bertz CT molecular complexity index is 1240. The predicted octanol–water partition coefficient (Wildman–Crippen LogP) is 4.71. The molecule has 2 aromatic heterocycles. The highest BCUT2D eigenvalue weighted by molar-refractivity contribution is 7.92. The summed E-state index contributed by atoms with van der Waals surface area (Å²) in [6, 6.07) is 7.59. The maximum Gasteiger partial charge on any atom is 0.501 e. The highest BCUT2D eigenvalue weighted by Gasteiger charge is 2.46. The van der Waals surface area contributed by atoms with Gasteiger partial charge in [0.2, 0.25) is 0 Å². The maximum absolute atomic E-state index is 13.1. The van der Waals surface area contributed by atoms with E-state index in [4.69, 9.17) is 0 Å². The third kappa shape index (κ3) is 4.72. The fourth-order valence-electron chi connectivity index (χ4n) is 2.56. The first-order valence-corrected chi connectivity index (χ1v) is 10.0. The molecule has 0 unspecified atom stereocenters. The Kier molecular flexibility index (Phi) is 5.96. The van der Waals surface area contributed by atoms with Crippen LogP contribution in [0.25, 0.3) is 11.4 Å². The number of benzene rings is 1. The van der Waals surface area contributed by atoms with Crippen LogP contribution in [0.2, 0.25) is 0 Å². The molecule has 1 aromatic carbocycles. The summed E-state index contributed by atoms with van der Waals surface area (Å²) >= 11 is 0. The Balaban J connectivity index is 1.78. The van der Waals surface area contributed by atoms with E-state index in [9.17, 15) is 39.6 Å². The van der Waals surface area contributed by atoms with Crippen LogP contribution < -0.4 is 5.32 Å². The lowest BCUT2D eigenvalue weighted by atomic mass is 10.1. The number of nitrogens with one attached hydrogen (secondary N) is 1. The van der Waals surface area contributed by atoms with Gasteiger partial charge in [-0.15, -0.1) is 0 Å². The maximum atomic E-state index is 13.1. The van der Waals surface area contributed by atoms with Crippen LogP contribution in [0.3, 0.4) is 0 Å². The molecular weight excluding hydrogens is 464 g/mol. The second-order valence-electron chi connectivity index (χ2n) is 6.26. The molecule has 168 valence electrons. The van der Waals surface area contributed by atoms with Crippen molar-refractivity contribution in [3.05, 3.63) is 72.1 Å². The van der Waals surface area contributed by atoms with Gasteiger partial charge in [0.05, 0.1) is 21.7 Å². The monoisotopic (exact) mass is 475 g/mol. The smallest absolute Gasteiger partial charge is 0.322 e. The number of amides is 1. The molecule has 0 saturated heterocycles. The lowest BCUT2D eigenvalue weighted by molar-refractivity contribution is -0.137. The van der Waals surface area contributed by atoms with Crippen LogP contribution in [0.5, 0.6) is 0 Å². The standard InChI is InChI=1S/C19H11F6N3O3S/c20-18(21,22)14-2-1-9-26-16(14)15-8-3-11(10-27-15)17(29)28-12-4-6-13(7-5-12)32(30,31)19(23,24)25/h1-10H,(H,28,29). The molecule has 1 amide bonds. The van der Waals surface area contributed by atoms with Crippen LogP contribution in [0.15, 0.2) is 65.8 Å². The fraction of sp³-hybridized carbons (Fsp3) is 0.105. The molecule has 0 aliphatic heterocycles. The van der Waals surface area contributed by atoms with Gasteiger partial charge in [-0.25, -0.2) is 8.42 Å². The minimum Gasteiger partial charge on any atom is -0.322 e. The lowest BCUT2D eigenvalue weighted by Gasteiger charge is -2.11. The van der Waals surface area contributed by atoms with E-state index in [2.05, 4.69) is 15.3 Å². The van der Waals surface area contributed by atoms with E-state index >= 15 is 0 Å². The molecule has 0 bridgehead atoms. The van der Waals surface area contributed by atoms with Crippen molar-refractivity contribution in [1.29, 1.82) is 0 Å². The zero-order valence-electron chi connectivity index (χ0n) is 15.6. The van der Waals surface area contributed by atoms with E-state index in [0.29, 0.717) is 12.1 Å². The van der Waals surface area contributed by atoms with Crippen LogP contribution in [-0.4, -0.2) is 29.8 Å². The molecule has 32 heavy (non-hydrogen) atoms. The van der Waals surface area contributed by atoms with Crippen molar-refractivity contribution in [3.63, 3.8) is 0 Å². The van der Waals surface area contributed by atoms with E-state index in [1.54, 1.807) is 0 Å².